The lowest BCUT2D eigenvalue weighted by Crippen LogP contribution is -2.33. The zero-order valence-corrected chi connectivity index (χ0v) is 20.8. The van der Waals surface area contributed by atoms with Gasteiger partial charge in [0.05, 0.1) is 16.2 Å². The second-order valence-corrected chi connectivity index (χ2v) is 10.3. The highest BCUT2D eigenvalue weighted by Gasteiger charge is 2.20. The minimum atomic E-state index is -1.57. The maximum absolute atomic E-state index is 12.6. The second kappa shape index (κ2) is 10.3. The SMILES string of the molecule is Cc1nc(N[S+]([O-])c2ccccc2Cl)ncc1-c1ccc2nc(N[C@H]3CC[C@H](N)CC3)ncc2c1. The molecule has 2 aromatic heterocycles. The molecular weight excluding hydrogens is 482 g/mol. The van der Waals surface area contributed by atoms with Crippen LogP contribution in [0.4, 0.5) is 11.9 Å². The Morgan fingerprint density at radius 2 is 1.77 bits per heavy atom. The number of halogens is 1. The van der Waals surface area contributed by atoms with Gasteiger partial charge in [-0.25, -0.2) is 19.9 Å². The van der Waals surface area contributed by atoms with Crippen LogP contribution >= 0.6 is 11.6 Å². The molecule has 2 aromatic carbocycles. The molecule has 0 bridgehead atoms. The number of nitrogens with one attached hydrogen (secondary N) is 2. The van der Waals surface area contributed by atoms with Gasteiger partial charge in [-0.3, -0.25) is 0 Å². The van der Waals surface area contributed by atoms with Crippen LogP contribution in [0.1, 0.15) is 31.4 Å². The zero-order chi connectivity index (χ0) is 24.4. The highest BCUT2D eigenvalue weighted by molar-refractivity contribution is 7.92. The number of fused-ring (bicyclic) bond motifs is 1. The molecule has 1 saturated carbocycles. The van der Waals surface area contributed by atoms with Crippen LogP contribution in [-0.4, -0.2) is 36.6 Å². The number of hydrogen-bond donors (Lipinski definition) is 3. The van der Waals surface area contributed by atoms with Gasteiger partial charge in [0.2, 0.25) is 5.95 Å². The van der Waals surface area contributed by atoms with Crippen LogP contribution in [0.2, 0.25) is 5.02 Å². The van der Waals surface area contributed by atoms with E-state index in [-0.39, 0.29) is 5.95 Å². The molecule has 0 aliphatic heterocycles. The monoisotopic (exact) mass is 507 g/mol. The standard InChI is InChI=1S/C25H26ClN7OS/c1-15-20(14-29-25(30-15)33-35(34)23-5-3-2-4-21(23)26)16-6-11-22-17(12-16)13-28-24(32-22)31-19-9-7-18(27)8-10-19/h2-6,11-14,18-19H,7-10,27H2,1H3,(H,28,31,32)(H,29,30,33)/t18-,19-,35?. The Hall–Kier alpha value is -2.98. The van der Waals surface area contributed by atoms with E-state index >= 15 is 0 Å². The summed E-state index contributed by atoms with van der Waals surface area (Å²) in [5.41, 5.74) is 9.46. The molecule has 180 valence electrons. The van der Waals surface area contributed by atoms with Crippen molar-refractivity contribution in [2.45, 2.75) is 49.6 Å². The average molecular weight is 508 g/mol. The van der Waals surface area contributed by atoms with E-state index < -0.39 is 11.4 Å². The molecule has 0 spiro atoms. The lowest BCUT2D eigenvalue weighted by atomic mass is 9.92. The summed E-state index contributed by atoms with van der Waals surface area (Å²) in [5, 5.41) is 4.80. The van der Waals surface area contributed by atoms with Gasteiger partial charge in [-0.05, 0) is 62.4 Å². The van der Waals surface area contributed by atoms with Crippen LogP contribution in [0.5, 0.6) is 0 Å². The van der Waals surface area contributed by atoms with Crippen LogP contribution in [0.15, 0.2) is 59.8 Å². The van der Waals surface area contributed by atoms with Gasteiger partial charge in [0, 0.05) is 35.4 Å². The smallest absolute Gasteiger partial charge is 0.265 e. The van der Waals surface area contributed by atoms with Gasteiger partial charge in [-0.2, -0.15) is 4.72 Å². The summed E-state index contributed by atoms with van der Waals surface area (Å²) >= 11 is 4.57. The number of anilines is 2. The summed E-state index contributed by atoms with van der Waals surface area (Å²) < 4.78 is 15.4. The molecule has 0 amide bonds. The maximum atomic E-state index is 12.6. The third kappa shape index (κ3) is 5.48. The number of aromatic nitrogens is 4. The van der Waals surface area contributed by atoms with Gasteiger partial charge in [-0.15, -0.1) is 0 Å². The first-order chi connectivity index (χ1) is 17.0. The number of nitrogens with two attached hydrogens (primary N) is 1. The third-order valence-corrected chi connectivity index (χ3v) is 7.76. The van der Waals surface area contributed by atoms with Crippen LogP contribution in [0.3, 0.4) is 0 Å². The van der Waals surface area contributed by atoms with Crippen LogP contribution < -0.4 is 15.8 Å². The fourth-order valence-corrected chi connectivity index (χ4v) is 5.42. The molecule has 5 rings (SSSR count). The fourth-order valence-electron chi connectivity index (χ4n) is 4.25. The van der Waals surface area contributed by atoms with Gasteiger partial charge in [0.1, 0.15) is 11.4 Å². The quantitative estimate of drug-likeness (QED) is 0.316. The lowest BCUT2D eigenvalue weighted by molar-refractivity contribution is 0.410. The number of rotatable bonds is 6. The molecule has 35 heavy (non-hydrogen) atoms. The number of benzene rings is 2. The largest absolute Gasteiger partial charge is 0.588 e. The molecule has 1 unspecified atom stereocenters. The Bertz CT molecular complexity index is 1350. The Balaban J connectivity index is 1.31. The predicted octanol–water partition coefficient (Wildman–Crippen LogP) is 4.87. The topological polar surface area (TPSA) is 125 Å². The van der Waals surface area contributed by atoms with Crippen molar-refractivity contribution in [2.75, 3.05) is 10.0 Å². The average Bonchev–Trinajstić information content (AvgIpc) is 2.85. The molecule has 1 aliphatic rings. The van der Waals surface area contributed by atoms with Crippen molar-refractivity contribution >= 4 is 45.8 Å². The Morgan fingerprint density at radius 3 is 2.54 bits per heavy atom. The predicted molar refractivity (Wildman–Crippen MR) is 141 cm³/mol. The molecule has 8 nitrogen and oxygen atoms in total. The summed E-state index contributed by atoms with van der Waals surface area (Å²) in [6.07, 6.45) is 7.69. The summed E-state index contributed by atoms with van der Waals surface area (Å²) in [7, 11) is 0. The molecule has 10 heteroatoms. The summed E-state index contributed by atoms with van der Waals surface area (Å²) in [5.74, 6) is 0.917. The first kappa shape index (κ1) is 23.7. The highest BCUT2D eigenvalue weighted by atomic mass is 35.5. The number of aryl methyl sites for hydroxylation is 1. The van der Waals surface area contributed by atoms with Crippen molar-refractivity contribution in [1.29, 1.82) is 0 Å². The molecule has 0 saturated heterocycles. The molecule has 2 heterocycles. The van der Waals surface area contributed by atoms with Crippen molar-refractivity contribution < 1.29 is 4.55 Å². The van der Waals surface area contributed by atoms with E-state index in [2.05, 4.69) is 30.0 Å². The fraction of sp³-hybridized carbons (Fsp3) is 0.280. The van der Waals surface area contributed by atoms with Gasteiger partial charge < -0.3 is 15.6 Å². The van der Waals surface area contributed by atoms with Gasteiger partial charge in [-0.1, -0.05) is 29.8 Å². The lowest BCUT2D eigenvalue weighted by Gasteiger charge is -2.26. The van der Waals surface area contributed by atoms with Crippen LogP contribution in [0.25, 0.3) is 22.0 Å². The molecule has 1 atom stereocenters. The van der Waals surface area contributed by atoms with E-state index in [4.69, 9.17) is 17.3 Å². The molecule has 4 N–H and O–H groups in total. The molecule has 4 aromatic rings. The van der Waals surface area contributed by atoms with Crippen molar-refractivity contribution in [3.8, 4) is 11.1 Å². The van der Waals surface area contributed by atoms with Crippen molar-refractivity contribution in [1.82, 2.24) is 19.9 Å². The number of hydrogen-bond acceptors (Lipinski definition) is 8. The minimum Gasteiger partial charge on any atom is -0.588 e. The van der Waals surface area contributed by atoms with Crippen LogP contribution in [0, 0.1) is 6.92 Å². The van der Waals surface area contributed by atoms with E-state index in [9.17, 15) is 4.55 Å². The zero-order valence-electron chi connectivity index (χ0n) is 19.2. The highest BCUT2D eigenvalue weighted by Crippen LogP contribution is 2.28. The van der Waals surface area contributed by atoms with Crippen molar-refractivity contribution in [3.63, 3.8) is 0 Å². The van der Waals surface area contributed by atoms with E-state index in [1.165, 1.54) is 0 Å². The summed E-state index contributed by atoms with van der Waals surface area (Å²) in [6, 6.07) is 13.7. The van der Waals surface area contributed by atoms with E-state index in [0.29, 0.717) is 28.0 Å². The first-order valence-corrected chi connectivity index (χ1v) is 13.0. The maximum Gasteiger partial charge on any atom is 0.265 e. The third-order valence-electron chi connectivity index (χ3n) is 6.20. The minimum absolute atomic E-state index is 0.271. The van der Waals surface area contributed by atoms with E-state index in [1.54, 1.807) is 30.5 Å². The second-order valence-electron chi connectivity index (χ2n) is 8.72. The van der Waals surface area contributed by atoms with E-state index in [0.717, 1.165) is 53.4 Å². The van der Waals surface area contributed by atoms with Crippen molar-refractivity contribution in [2.24, 2.45) is 5.73 Å². The molecule has 0 radical (unpaired) electrons. The Kier molecular flexibility index (Phi) is 7.01. The van der Waals surface area contributed by atoms with E-state index in [1.807, 2.05) is 31.3 Å². The number of nitrogens with zero attached hydrogens (tertiary/aromatic N) is 4. The molecule has 1 aliphatic carbocycles. The van der Waals surface area contributed by atoms with Crippen LogP contribution in [-0.2, 0) is 11.4 Å². The normalized spacial score (nSPS) is 18.9. The van der Waals surface area contributed by atoms with Crippen molar-refractivity contribution in [3.05, 3.63) is 65.6 Å². The Labute approximate surface area is 212 Å². The summed E-state index contributed by atoms with van der Waals surface area (Å²) in [6.45, 7) is 1.89. The van der Waals surface area contributed by atoms with Gasteiger partial charge in [0.25, 0.3) is 5.95 Å². The molecular formula is C25H26ClN7OS. The molecule has 1 fully saturated rings. The first-order valence-electron chi connectivity index (χ1n) is 11.5. The van der Waals surface area contributed by atoms with Gasteiger partial charge >= 0.3 is 0 Å². The summed E-state index contributed by atoms with van der Waals surface area (Å²) in [4.78, 5) is 18.6. The van der Waals surface area contributed by atoms with Gasteiger partial charge in [0.15, 0.2) is 4.90 Å². The Morgan fingerprint density at radius 1 is 1.00 bits per heavy atom.